The van der Waals surface area contributed by atoms with Crippen molar-refractivity contribution < 1.29 is 12.6 Å². The van der Waals surface area contributed by atoms with Crippen molar-refractivity contribution in [2.75, 3.05) is 6.61 Å². The zero-order valence-electron chi connectivity index (χ0n) is 8.22. The first-order valence-electron chi connectivity index (χ1n) is 4.86. The van der Waals surface area contributed by atoms with Crippen LogP contribution in [0.1, 0.15) is 12.0 Å². The lowest BCUT2D eigenvalue weighted by atomic mass is 10.0. The van der Waals surface area contributed by atoms with E-state index in [2.05, 4.69) is 8.91 Å². The van der Waals surface area contributed by atoms with Crippen molar-refractivity contribution in [3.63, 3.8) is 0 Å². The predicted molar refractivity (Wildman–Crippen MR) is 56.6 cm³/mol. The van der Waals surface area contributed by atoms with E-state index in [-0.39, 0.29) is 12.6 Å². The summed E-state index contributed by atoms with van der Waals surface area (Å²) in [5.74, 6) is 0. The van der Waals surface area contributed by atoms with E-state index in [4.69, 9.17) is 0 Å². The molecule has 1 aliphatic rings. The van der Waals surface area contributed by atoms with E-state index in [1.807, 2.05) is 30.3 Å². The Kier molecular flexibility index (Phi) is 3.04. The Labute approximate surface area is 89.5 Å². The minimum Gasteiger partial charge on any atom is -0.258 e. The van der Waals surface area contributed by atoms with Crippen LogP contribution in [0.15, 0.2) is 30.3 Å². The lowest BCUT2D eigenvalue weighted by Crippen LogP contribution is -2.42. The van der Waals surface area contributed by atoms with Crippen molar-refractivity contribution in [3.05, 3.63) is 35.9 Å². The van der Waals surface area contributed by atoms with Gasteiger partial charge in [0.1, 0.15) is 0 Å². The lowest BCUT2D eigenvalue weighted by molar-refractivity contribution is 0.256. The van der Waals surface area contributed by atoms with Gasteiger partial charge in [-0.15, -0.1) is 0 Å². The Morgan fingerprint density at radius 3 is 2.73 bits per heavy atom. The van der Waals surface area contributed by atoms with Crippen molar-refractivity contribution in [1.82, 2.24) is 4.72 Å². The van der Waals surface area contributed by atoms with Crippen LogP contribution in [0.3, 0.4) is 0 Å². The third kappa shape index (κ3) is 3.02. The van der Waals surface area contributed by atoms with Crippen molar-refractivity contribution >= 4 is 10.3 Å². The van der Waals surface area contributed by atoms with Gasteiger partial charge in [-0.1, -0.05) is 30.3 Å². The molecule has 0 bridgehead atoms. The quantitative estimate of drug-likeness (QED) is 0.815. The second-order valence-electron chi connectivity index (χ2n) is 3.57. The van der Waals surface area contributed by atoms with Gasteiger partial charge in [0.05, 0.1) is 6.61 Å². The molecule has 1 N–H and O–H groups in total. The van der Waals surface area contributed by atoms with Gasteiger partial charge in [0, 0.05) is 6.04 Å². The van der Waals surface area contributed by atoms with Gasteiger partial charge in [0.25, 0.3) is 0 Å². The molecule has 1 aliphatic heterocycles. The van der Waals surface area contributed by atoms with Gasteiger partial charge in [-0.05, 0) is 18.4 Å². The summed E-state index contributed by atoms with van der Waals surface area (Å²) >= 11 is 0. The van der Waals surface area contributed by atoms with E-state index < -0.39 is 10.3 Å². The predicted octanol–water partition coefficient (Wildman–Crippen LogP) is 0.852. The molecule has 0 aliphatic carbocycles. The number of hydrogen-bond donors (Lipinski definition) is 1. The molecular weight excluding hydrogens is 214 g/mol. The molecule has 1 atom stereocenters. The molecule has 82 valence electrons. The molecule has 0 amide bonds. The van der Waals surface area contributed by atoms with Crippen molar-refractivity contribution in [2.45, 2.75) is 18.9 Å². The summed E-state index contributed by atoms with van der Waals surface area (Å²) in [6, 6.07) is 9.77. The Morgan fingerprint density at radius 2 is 2.07 bits per heavy atom. The minimum atomic E-state index is -3.50. The first-order valence-corrected chi connectivity index (χ1v) is 6.27. The van der Waals surface area contributed by atoms with E-state index in [1.165, 1.54) is 0 Å². The van der Waals surface area contributed by atoms with E-state index in [9.17, 15) is 8.42 Å². The highest BCUT2D eigenvalue weighted by Crippen LogP contribution is 2.11. The molecule has 1 aromatic carbocycles. The fraction of sp³-hybridized carbons (Fsp3) is 0.400. The van der Waals surface area contributed by atoms with Crippen LogP contribution in [0, 0.1) is 0 Å². The maximum absolute atomic E-state index is 11.1. The molecule has 0 aromatic heterocycles. The summed E-state index contributed by atoms with van der Waals surface area (Å²) < 4.78 is 29.3. The third-order valence-corrected chi connectivity index (χ3v) is 3.44. The Bertz CT molecular complexity index is 416. The van der Waals surface area contributed by atoms with Gasteiger partial charge < -0.3 is 0 Å². The Hall–Kier alpha value is -0.910. The zero-order valence-corrected chi connectivity index (χ0v) is 9.03. The van der Waals surface area contributed by atoms with Gasteiger partial charge in [-0.2, -0.15) is 13.1 Å². The number of hydrogen-bond acceptors (Lipinski definition) is 3. The average molecular weight is 227 g/mol. The van der Waals surface area contributed by atoms with Crippen LogP contribution in [-0.2, 0) is 20.9 Å². The Morgan fingerprint density at radius 1 is 1.33 bits per heavy atom. The van der Waals surface area contributed by atoms with Gasteiger partial charge in [-0.25, -0.2) is 0 Å². The lowest BCUT2D eigenvalue weighted by Gasteiger charge is -2.22. The summed E-state index contributed by atoms with van der Waals surface area (Å²) in [5.41, 5.74) is 1.13. The fourth-order valence-corrected chi connectivity index (χ4v) is 2.63. The van der Waals surface area contributed by atoms with Crippen LogP contribution in [0.25, 0.3) is 0 Å². The maximum atomic E-state index is 11.1. The average Bonchev–Trinajstić information content (AvgIpc) is 2.17. The first kappa shape index (κ1) is 10.6. The molecule has 0 radical (unpaired) electrons. The number of benzene rings is 1. The van der Waals surface area contributed by atoms with Gasteiger partial charge in [0.2, 0.25) is 0 Å². The molecule has 15 heavy (non-hydrogen) atoms. The highest BCUT2D eigenvalue weighted by molar-refractivity contribution is 7.84. The molecule has 1 aromatic rings. The van der Waals surface area contributed by atoms with Crippen LogP contribution in [0.5, 0.6) is 0 Å². The van der Waals surface area contributed by atoms with E-state index in [0.29, 0.717) is 12.8 Å². The Balaban J connectivity index is 2.01. The number of rotatable bonds is 2. The van der Waals surface area contributed by atoms with E-state index in [0.717, 1.165) is 5.56 Å². The fourth-order valence-electron chi connectivity index (χ4n) is 1.64. The van der Waals surface area contributed by atoms with Gasteiger partial charge in [-0.3, -0.25) is 4.18 Å². The summed E-state index contributed by atoms with van der Waals surface area (Å²) in [4.78, 5) is 0. The summed E-state index contributed by atoms with van der Waals surface area (Å²) in [6.07, 6.45) is 1.43. The van der Waals surface area contributed by atoms with Crippen LogP contribution in [-0.4, -0.2) is 21.1 Å². The first-order chi connectivity index (χ1) is 7.16. The van der Waals surface area contributed by atoms with Crippen molar-refractivity contribution in [3.8, 4) is 0 Å². The van der Waals surface area contributed by atoms with E-state index >= 15 is 0 Å². The minimum absolute atomic E-state index is 0.0499. The molecule has 1 fully saturated rings. The van der Waals surface area contributed by atoms with E-state index in [1.54, 1.807) is 0 Å². The summed E-state index contributed by atoms with van der Waals surface area (Å²) in [5, 5.41) is 0. The topological polar surface area (TPSA) is 55.4 Å². The van der Waals surface area contributed by atoms with Crippen LogP contribution >= 0.6 is 0 Å². The molecule has 5 heteroatoms. The van der Waals surface area contributed by atoms with Crippen LogP contribution < -0.4 is 4.72 Å². The molecular formula is C10H13NO3S. The van der Waals surface area contributed by atoms with Crippen molar-refractivity contribution in [2.24, 2.45) is 0 Å². The third-order valence-electron chi connectivity index (χ3n) is 2.34. The molecule has 1 saturated heterocycles. The monoisotopic (exact) mass is 227 g/mol. The largest absolute Gasteiger partial charge is 0.336 e. The molecule has 0 spiro atoms. The SMILES string of the molecule is O=S1(=O)N[C@@H](Cc2ccccc2)CCO1. The standard InChI is InChI=1S/C10H13NO3S/c12-15(13)11-10(6-7-14-15)8-9-4-2-1-3-5-9/h1-5,10-11H,6-8H2/t10-/m1/s1. The second kappa shape index (κ2) is 4.30. The molecule has 0 unspecified atom stereocenters. The number of nitrogens with one attached hydrogen (secondary N) is 1. The highest BCUT2D eigenvalue weighted by atomic mass is 32.2. The van der Waals surface area contributed by atoms with Crippen LogP contribution in [0.2, 0.25) is 0 Å². The molecule has 4 nitrogen and oxygen atoms in total. The molecule has 1 heterocycles. The molecule has 0 saturated carbocycles. The van der Waals surface area contributed by atoms with Crippen LogP contribution in [0.4, 0.5) is 0 Å². The highest BCUT2D eigenvalue weighted by Gasteiger charge is 2.24. The molecule has 2 rings (SSSR count). The van der Waals surface area contributed by atoms with Gasteiger partial charge in [0.15, 0.2) is 0 Å². The normalized spacial score (nSPS) is 24.9. The van der Waals surface area contributed by atoms with Crippen molar-refractivity contribution in [1.29, 1.82) is 0 Å². The second-order valence-corrected chi connectivity index (χ2v) is 4.95. The zero-order chi connectivity index (χ0) is 10.7. The smallest absolute Gasteiger partial charge is 0.258 e. The maximum Gasteiger partial charge on any atom is 0.336 e. The summed E-state index contributed by atoms with van der Waals surface area (Å²) in [7, 11) is -3.50. The van der Waals surface area contributed by atoms with Gasteiger partial charge >= 0.3 is 10.3 Å². The summed E-state index contributed by atoms with van der Waals surface area (Å²) in [6.45, 7) is 0.271.